The normalized spacial score (nSPS) is 17.4. The minimum absolute atomic E-state index is 0.0290. The van der Waals surface area contributed by atoms with Crippen molar-refractivity contribution in [2.24, 2.45) is 22.4 Å². The third kappa shape index (κ3) is 3.34. The Bertz CT molecular complexity index is 476. The number of carboxylic acids is 1. The monoisotopic (exact) mass is 282 g/mol. The number of rotatable bonds is 6. The average molecular weight is 282 g/mol. The van der Waals surface area contributed by atoms with Crippen molar-refractivity contribution < 1.29 is 19.5 Å². The molecule has 0 aromatic carbocycles. The quantitative estimate of drug-likeness (QED) is 0.338. The Balaban J connectivity index is 3.35. The largest absolute Gasteiger partial charge is 0.481 e. The average Bonchev–Trinajstić information content (AvgIpc) is 2.55. The Kier molecular flexibility index (Phi) is 4.49. The van der Waals surface area contributed by atoms with Crippen molar-refractivity contribution in [3.8, 4) is 0 Å². The fraction of sp³-hybridized carbons (Fsp3) is 0.500. The van der Waals surface area contributed by atoms with Crippen molar-refractivity contribution in [3.05, 3.63) is 12.2 Å². The number of carbonyl (C=O) groups is 3. The second-order valence-electron chi connectivity index (χ2n) is 5.03. The molecule has 1 aliphatic rings. The molecular formula is C12H18N4O4. The minimum atomic E-state index is -1.60. The lowest BCUT2D eigenvalue weighted by Gasteiger charge is -2.37. The standard InChI is InChI=1S/C12H18N4O4/c1-7(2)5-12(6-10(19)20,15-11(13)14)16-8(17)3-4-9(16)18/h3-4,7H,5-6H2,1-2H3,(H,19,20)(H4,13,14,15). The first-order valence-corrected chi connectivity index (χ1v) is 6.07. The van der Waals surface area contributed by atoms with E-state index in [1.807, 2.05) is 13.8 Å². The van der Waals surface area contributed by atoms with Gasteiger partial charge >= 0.3 is 5.97 Å². The molecule has 0 aromatic heterocycles. The highest BCUT2D eigenvalue weighted by molar-refractivity contribution is 6.13. The molecule has 110 valence electrons. The first-order chi connectivity index (χ1) is 9.18. The van der Waals surface area contributed by atoms with Gasteiger partial charge in [0.25, 0.3) is 11.8 Å². The van der Waals surface area contributed by atoms with Gasteiger partial charge in [-0.25, -0.2) is 9.89 Å². The molecule has 5 N–H and O–H groups in total. The van der Waals surface area contributed by atoms with Crippen LogP contribution in [-0.4, -0.2) is 39.4 Å². The van der Waals surface area contributed by atoms with Crippen LogP contribution in [-0.2, 0) is 14.4 Å². The fourth-order valence-electron chi connectivity index (χ4n) is 2.32. The van der Waals surface area contributed by atoms with Gasteiger partial charge in [-0.15, -0.1) is 0 Å². The Morgan fingerprint density at radius 3 is 2.20 bits per heavy atom. The third-order valence-corrected chi connectivity index (χ3v) is 2.73. The lowest BCUT2D eigenvalue weighted by molar-refractivity contribution is -0.149. The van der Waals surface area contributed by atoms with Gasteiger partial charge in [-0.1, -0.05) is 13.8 Å². The van der Waals surface area contributed by atoms with E-state index in [9.17, 15) is 14.4 Å². The predicted molar refractivity (Wildman–Crippen MR) is 71.2 cm³/mol. The lowest BCUT2D eigenvalue weighted by Crippen LogP contribution is -2.54. The molecule has 0 spiro atoms. The predicted octanol–water partition coefficient (Wildman–Crippen LogP) is -0.598. The summed E-state index contributed by atoms with van der Waals surface area (Å²) < 4.78 is 0. The van der Waals surface area contributed by atoms with E-state index in [4.69, 9.17) is 16.6 Å². The maximum atomic E-state index is 11.9. The smallest absolute Gasteiger partial charge is 0.307 e. The number of nitrogens with two attached hydrogens (primary N) is 2. The second-order valence-corrected chi connectivity index (χ2v) is 5.03. The number of hydrogen-bond acceptors (Lipinski definition) is 4. The van der Waals surface area contributed by atoms with Gasteiger partial charge in [0.1, 0.15) is 0 Å². The number of guanidine groups is 1. The summed E-state index contributed by atoms with van der Waals surface area (Å²) in [6, 6.07) is 0. The Hall–Kier alpha value is -2.38. The van der Waals surface area contributed by atoms with Crippen LogP contribution >= 0.6 is 0 Å². The van der Waals surface area contributed by atoms with E-state index in [1.54, 1.807) is 0 Å². The molecule has 1 heterocycles. The topological polar surface area (TPSA) is 139 Å². The van der Waals surface area contributed by atoms with Crippen LogP contribution in [0.4, 0.5) is 0 Å². The highest BCUT2D eigenvalue weighted by Crippen LogP contribution is 2.32. The number of hydrogen-bond donors (Lipinski definition) is 3. The Morgan fingerprint density at radius 1 is 1.35 bits per heavy atom. The van der Waals surface area contributed by atoms with Crippen LogP contribution in [0.25, 0.3) is 0 Å². The van der Waals surface area contributed by atoms with Gasteiger partial charge in [0, 0.05) is 12.2 Å². The highest BCUT2D eigenvalue weighted by Gasteiger charge is 2.46. The fourth-order valence-corrected chi connectivity index (χ4v) is 2.32. The van der Waals surface area contributed by atoms with Gasteiger partial charge in [-0.3, -0.25) is 14.4 Å². The number of imide groups is 1. The summed E-state index contributed by atoms with van der Waals surface area (Å²) in [6.45, 7) is 3.63. The molecule has 0 aliphatic carbocycles. The van der Waals surface area contributed by atoms with E-state index >= 15 is 0 Å². The Labute approximate surface area is 116 Å². The van der Waals surface area contributed by atoms with Crippen molar-refractivity contribution in [1.82, 2.24) is 4.90 Å². The van der Waals surface area contributed by atoms with Crippen LogP contribution in [0.5, 0.6) is 0 Å². The summed E-state index contributed by atoms with van der Waals surface area (Å²) in [6.07, 6.45) is 1.74. The van der Waals surface area contributed by atoms with Crippen LogP contribution in [0.3, 0.4) is 0 Å². The summed E-state index contributed by atoms with van der Waals surface area (Å²) in [5.41, 5.74) is 9.11. The molecule has 1 rings (SSSR count). The van der Waals surface area contributed by atoms with Gasteiger partial charge in [-0.05, 0) is 12.3 Å². The minimum Gasteiger partial charge on any atom is -0.481 e. The van der Waals surface area contributed by atoms with Crippen LogP contribution in [0, 0.1) is 5.92 Å². The molecule has 1 unspecified atom stereocenters. The molecule has 1 aliphatic heterocycles. The number of amides is 2. The number of carboxylic acid groups (broad SMARTS) is 1. The molecule has 0 saturated heterocycles. The SMILES string of the molecule is CC(C)CC(CC(=O)O)(N=C(N)N)N1C(=O)C=CC1=O. The molecule has 0 radical (unpaired) electrons. The summed E-state index contributed by atoms with van der Waals surface area (Å²) in [7, 11) is 0. The van der Waals surface area contributed by atoms with Crippen LogP contribution < -0.4 is 11.5 Å². The first-order valence-electron chi connectivity index (χ1n) is 6.07. The van der Waals surface area contributed by atoms with E-state index in [0.717, 1.165) is 17.1 Å². The Morgan fingerprint density at radius 2 is 1.85 bits per heavy atom. The van der Waals surface area contributed by atoms with Gasteiger partial charge in [0.15, 0.2) is 11.6 Å². The molecular weight excluding hydrogens is 264 g/mol. The van der Waals surface area contributed by atoms with Crippen molar-refractivity contribution in [1.29, 1.82) is 0 Å². The molecule has 0 saturated carbocycles. The van der Waals surface area contributed by atoms with Crippen molar-refractivity contribution >= 4 is 23.7 Å². The zero-order chi connectivity index (χ0) is 15.5. The summed E-state index contributed by atoms with van der Waals surface area (Å²) in [4.78, 5) is 39.5. The van der Waals surface area contributed by atoms with E-state index in [1.165, 1.54) is 0 Å². The number of nitrogens with zero attached hydrogens (tertiary/aromatic N) is 2. The summed E-state index contributed by atoms with van der Waals surface area (Å²) in [5.74, 6) is -2.86. The molecule has 20 heavy (non-hydrogen) atoms. The molecule has 0 bridgehead atoms. The van der Waals surface area contributed by atoms with Crippen molar-refractivity contribution in [2.45, 2.75) is 32.4 Å². The maximum Gasteiger partial charge on any atom is 0.307 e. The molecule has 0 fully saturated rings. The maximum absolute atomic E-state index is 11.9. The van der Waals surface area contributed by atoms with Gasteiger partial charge < -0.3 is 16.6 Å². The zero-order valence-electron chi connectivity index (χ0n) is 11.4. The lowest BCUT2D eigenvalue weighted by atomic mass is 9.92. The van der Waals surface area contributed by atoms with Gasteiger partial charge in [0.05, 0.1) is 6.42 Å². The molecule has 2 amide bonds. The van der Waals surface area contributed by atoms with E-state index in [-0.39, 0.29) is 18.3 Å². The van der Waals surface area contributed by atoms with Crippen LogP contribution in [0.2, 0.25) is 0 Å². The second kappa shape index (κ2) is 5.72. The number of aliphatic imine (C=N–C) groups is 1. The van der Waals surface area contributed by atoms with E-state index < -0.39 is 29.9 Å². The van der Waals surface area contributed by atoms with Crippen LogP contribution in [0.1, 0.15) is 26.7 Å². The number of carbonyl (C=O) groups excluding carboxylic acids is 2. The number of aliphatic carboxylic acids is 1. The molecule has 8 heteroatoms. The van der Waals surface area contributed by atoms with Gasteiger partial charge in [-0.2, -0.15) is 0 Å². The van der Waals surface area contributed by atoms with Crippen molar-refractivity contribution in [3.63, 3.8) is 0 Å². The highest BCUT2D eigenvalue weighted by atomic mass is 16.4. The van der Waals surface area contributed by atoms with E-state index in [0.29, 0.717) is 0 Å². The zero-order valence-corrected chi connectivity index (χ0v) is 11.4. The third-order valence-electron chi connectivity index (χ3n) is 2.73. The molecule has 8 nitrogen and oxygen atoms in total. The summed E-state index contributed by atoms with van der Waals surface area (Å²) in [5, 5.41) is 9.09. The molecule has 1 atom stereocenters. The summed E-state index contributed by atoms with van der Waals surface area (Å²) >= 11 is 0. The van der Waals surface area contributed by atoms with Crippen LogP contribution in [0.15, 0.2) is 17.1 Å². The molecule has 0 aromatic rings. The van der Waals surface area contributed by atoms with Gasteiger partial charge in [0.2, 0.25) is 0 Å². The van der Waals surface area contributed by atoms with Crippen molar-refractivity contribution in [2.75, 3.05) is 0 Å². The van der Waals surface area contributed by atoms with E-state index in [2.05, 4.69) is 4.99 Å². The first kappa shape index (κ1) is 15.7.